The summed E-state index contributed by atoms with van der Waals surface area (Å²) in [6.45, 7) is 0. The van der Waals surface area contributed by atoms with Crippen molar-refractivity contribution in [1.82, 2.24) is 5.32 Å². The molecule has 0 spiro atoms. The Labute approximate surface area is 226 Å². The van der Waals surface area contributed by atoms with Crippen molar-refractivity contribution in [3.05, 3.63) is 64.2 Å². The number of carbonyl (C=O) groups is 3. The molecule has 10 nitrogen and oxygen atoms in total. The van der Waals surface area contributed by atoms with Gasteiger partial charge in [0.1, 0.15) is 11.3 Å². The summed E-state index contributed by atoms with van der Waals surface area (Å²) >= 11 is 0. The molecule has 2 aromatic carbocycles. The third kappa shape index (κ3) is 4.89. The van der Waals surface area contributed by atoms with Crippen molar-refractivity contribution in [2.45, 2.75) is 56.5 Å². The Bertz CT molecular complexity index is 1360. The van der Waals surface area contributed by atoms with Gasteiger partial charge in [-0.2, -0.15) is 0 Å². The first kappa shape index (κ1) is 27.6. The summed E-state index contributed by atoms with van der Waals surface area (Å²) in [5, 5.41) is 24.9. The smallest absolute Gasteiger partial charge is 0.480 e. The fourth-order valence-corrected chi connectivity index (χ4v) is 6.51. The summed E-state index contributed by atoms with van der Waals surface area (Å²) in [4.78, 5) is 52.2. The highest BCUT2D eigenvalue weighted by atomic mass is 19.4. The molecule has 1 saturated carbocycles. The molecule has 4 unspecified atom stereocenters. The number of amides is 2. The number of hydrogen-bond donors (Lipinski definition) is 2. The number of rotatable bonds is 7. The molecule has 5 rings (SSSR count). The largest absolute Gasteiger partial charge is 0.573 e. The number of non-ortho nitro benzene ring substituents is 1. The van der Waals surface area contributed by atoms with Gasteiger partial charge in [-0.15, -0.1) is 13.2 Å². The maximum Gasteiger partial charge on any atom is 0.573 e. The Morgan fingerprint density at radius 1 is 1.10 bits per heavy atom. The molecule has 2 aromatic rings. The minimum atomic E-state index is -4.98. The van der Waals surface area contributed by atoms with Crippen LogP contribution < -0.4 is 15.0 Å². The molecule has 0 bridgehead atoms. The van der Waals surface area contributed by atoms with Gasteiger partial charge in [0.25, 0.3) is 5.69 Å². The van der Waals surface area contributed by atoms with E-state index < -0.39 is 58.2 Å². The van der Waals surface area contributed by atoms with Gasteiger partial charge < -0.3 is 9.84 Å². The van der Waals surface area contributed by atoms with Crippen molar-refractivity contribution in [1.29, 1.82) is 0 Å². The van der Waals surface area contributed by atoms with Gasteiger partial charge in [-0.25, -0.2) is 4.90 Å². The second kappa shape index (κ2) is 10.2. The van der Waals surface area contributed by atoms with Crippen LogP contribution in [0.15, 0.2) is 48.5 Å². The van der Waals surface area contributed by atoms with Crippen molar-refractivity contribution in [2.75, 3.05) is 4.90 Å². The molecule has 2 aliphatic heterocycles. The number of imide groups is 1. The molecule has 1 aliphatic carbocycles. The molecule has 3 aliphatic rings. The minimum Gasteiger partial charge on any atom is -0.480 e. The van der Waals surface area contributed by atoms with E-state index in [0.29, 0.717) is 0 Å². The van der Waals surface area contributed by atoms with Gasteiger partial charge in [0.2, 0.25) is 11.8 Å². The van der Waals surface area contributed by atoms with E-state index in [1.54, 1.807) is 0 Å². The number of nitrogens with one attached hydrogen (secondary N) is 1. The summed E-state index contributed by atoms with van der Waals surface area (Å²) in [5.74, 6) is -6.25. The van der Waals surface area contributed by atoms with Crippen LogP contribution in [0.3, 0.4) is 0 Å². The standard InChI is InChI=1S/C27H26F3N3O7/c28-27(29,30)40-19-11-4-8-16(12-19)22-20-21(26(31-22,25(36)37)14-15-6-2-1-3-7-15)24(35)32(23(20)34)17-9-5-10-18(13-17)33(38)39/h4-5,8-13,15,20-22,31H,1-3,6-7,14H2,(H,36,37). The van der Waals surface area contributed by atoms with Gasteiger partial charge in [-0.3, -0.25) is 29.8 Å². The molecule has 0 radical (unpaired) electrons. The molecule has 4 atom stereocenters. The van der Waals surface area contributed by atoms with Crippen LogP contribution in [-0.2, 0) is 14.4 Å². The fourth-order valence-electron chi connectivity index (χ4n) is 6.51. The van der Waals surface area contributed by atoms with E-state index in [2.05, 4.69) is 10.1 Å². The molecule has 40 heavy (non-hydrogen) atoms. The van der Waals surface area contributed by atoms with E-state index in [0.717, 1.165) is 55.2 Å². The highest BCUT2D eigenvalue weighted by molar-refractivity contribution is 6.24. The molecule has 2 amide bonds. The van der Waals surface area contributed by atoms with Crippen molar-refractivity contribution < 1.29 is 42.3 Å². The SMILES string of the molecule is O=C1C2C(c3cccc(OC(F)(F)F)c3)NC(CC3CCCCC3)(C(=O)O)C2C(=O)N1c1cccc([N+](=O)[O-])c1. The highest BCUT2D eigenvalue weighted by Gasteiger charge is 2.69. The summed E-state index contributed by atoms with van der Waals surface area (Å²) in [6, 6.07) is 8.62. The van der Waals surface area contributed by atoms with E-state index in [-0.39, 0.29) is 29.3 Å². The lowest BCUT2D eigenvalue weighted by atomic mass is 9.72. The molecular weight excluding hydrogens is 535 g/mol. The van der Waals surface area contributed by atoms with Crippen LogP contribution >= 0.6 is 0 Å². The number of aliphatic carboxylic acids is 1. The van der Waals surface area contributed by atoms with Crippen molar-refractivity contribution in [3.8, 4) is 5.75 Å². The highest BCUT2D eigenvalue weighted by Crippen LogP contribution is 2.53. The number of fused-ring (bicyclic) bond motifs is 1. The maximum absolute atomic E-state index is 13.9. The number of anilines is 1. The molecule has 3 fully saturated rings. The predicted octanol–water partition coefficient (Wildman–Crippen LogP) is 4.74. The van der Waals surface area contributed by atoms with Crippen molar-refractivity contribution in [2.24, 2.45) is 17.8 Å². The fraction of sp³-hybridized carbons (Fsp3) is 0.444. The lowest BCUT2D eigenvalue weighted by Gasteiger charge is -2.35. The van der Waals surface area contributed by atoms with Gasteiger partial charge in [-0.05, 0) is 36.1 Å². The zero-order valence-corrected chi connectivity index (χ0v) is 21.1. The van der Waals surface area contributed by atoms with Gasteiger partial charge in [0.15, 0.2) is 0 Å². The third-order valence-corrected chi connectivity index (χ3v) is 8.12. The summed E-state index contributed by atoms with van der Waals surface area (Å²) in [5.41, 5.74) is -2.19. The second-order valence-corrected chi connectivity index (χ2v) is 10.5. The van der Waals surface area contributed by atoms with Crippen molar-refractivity contribution >= 4 is 29.2 Å². The Morgan fingerprint density at radius 3 is 2.45 bits per heavy atom. The topological polar surface area (TPSA) is 139 Å². The molecule has 2 heterocycles. The monoisotopic (exact) mass is 561 g/mol. The average Bonchev–Trinajstić information content (AvgIpc) is 3.37. The number of carboxylic acids is 1. The van der Waals surface area contributed by atoms with E-state index in [9.17, 15) is 42.8 Å². The molecule has 13 heteroatoms. The lowest BCUT2D eigenvalue weighted by Crippen LogP contribution is -2.57. The number of nitrogens with zero attached hydrogens (tertiary/aromatic N) is 2. The van der Waals surface area contributed by atoms with Crippen LogP contribution in [-0.4, -0.2) is 39.7 Å². The van der Waals surface area contributed by atoms with Crippen LogP contribution in [0.4, 0.5) is 24.5 Å². The quantitative estimate of drug-likeness (QED) is 0.281. The molecule has 2 N–H and O–H groups in total. The number of benzene rings is 2. The zero-order chi connectivity index (χ0) is 28.8. The van der Waals surface area contributed by atoms with Crippen LogP contribution in [0.2, 0.25) is 0 Å². The average molecular weight is 562 g/mol. The van der Waals surface area contributed by atoms with E-state index in [1.807, 2.05) is 0 Å². The number of hydrogen-bond acceptors (Lipinski definition) is 7. The molecule has 0 aromatic heterocycles. The Kier molecular flexibility index (Phi) is 7.02. The second-order valence-electron chi connectivity index (χ2n) is 10.5. The van der Waals surface area contributed by atoms with Crippen molar-refractivity contribution in [3.63, 3.8) is 0 Å². The molecular formula is C27H26F3N3O7. The van der Waals surface area contributed by atoms with Gasteiger partial charge >= 0.3 is 12.3 Å². The van der Waals surface area contributed by atoms with Gasteiger partial charge in [0.05, 0.1) is 22.4 Å². The number of alkyl halides is 3. The molecule has 212 valence electrons. The number of carbonyl (C=O) groups excluding carboxylic acids is 2. The van der Waals surface area contributed by atoms with Gasteiger partial charge in [0, 0.05) is 18.2 Å². The number of nitro groups is 1. The normalized spacial score (nSPS) is 27.1. The minimum absolute atomic E-state index is 0.0422. The van der Waals surface area contributed by atoms with Crippen LogP contribution in [0.1, 0.15) is 50.1 Å². The van der Waals surface area contributed by atoms with Crippen LogP contribution in [0.5, 0.6) is 5.75 Å². The van der Waals surface area contributed by atoms with E-state index in [4.69, 9.17) is 0 Å². The van der Waals surface area contributed by atoms with E-state index in [1.165, 1.54) is 30.3 Å². The number of ether oxygens (including phenoxy) is 1. The third-order valence-electron chi connectivity index (χ3n) is 8.12. The summed E-state index contributed by atoms with van der Waals surface area (Å²) < 4.78 is 42.8. The number of carboxylic acid groups (broad SMARTS) is 1. The maximum atomic E-state index is 13.9. The predicted molar refractivity (Wildman–Crippen MR) is 133 cm³/mol. The van der Waals surface area contributed by atoms with E-state index >= 15 is 0 Å². The van der Waals surface area contributed by atoms with Crippen LogP contribution in [0.25, 0.3) is 0 Å². The first-order chi connectivity index (χ1) is 18.9. The first-order valence-electron chi connectivity index (χ1n) is 12.9. The lowest BCUT2D eigenvalue weighted by molar-refractivity contribution is -0.384. The Balaban J connectivity index is 1.61. The summed E-state index contributed by atoms with van der Waals surface area (Å²) in [7, 11) is 0. The van der Waals surface area contributed by atoms with Gasteiger partial charge in [-0.1, -0.05) is 50.3 Å². The Morgan fingerprint density at radius 2 is 1.80 bits per heavy atom. The summed E-state index contributed by atoms with van der Waals surface area (Å²) in [6.07, 6.45) is -0.672. The number of halogens is 3. The molecule has 2 saturated heterocycles. The zero-order valence-electron chi connectivity index (χ0n) is 21.1. The van der Waals surface area contributed by atoms with Crippen LogP contribution in [0, 0.1) is 27.9 Å². The Hall–Kier alpha value is -4.00. The first-order valence-corrected chi connectivity index (χ1v) is 12.9. The number of nitro benzene ring substituents is 1.